The lowest BCUT2D eigenvalue weighted by molar-refractivity contribution is 0.00704. The molecule has 0 radical (unpaired) electrons. The van der Waals surface area contributed by atoms with Crippen molar-refractivity contribution in [2.24, 2.45) is 0 Å². The van der Waals surface area contributed by atoms with E-state index in [2.05, 4.69) is 20.8 Å². The Kier molecular flexibility index (Phi) is 50.1. The maximum Gasteiger partial charge on any atom is 0.394 e. The van der Waals surface area contributed by atoms with E-state index in [4.69, 9.17) is 17.5 Å². The van der Waals surface area contributed by atoms with Gasteiger partial charge in [0.05, 0.1) is 5.60 Å². The fraction of sp³-hybridized carbons (Fsp3) is 1.00. The number of hydrogen-bond donors (Lipinski definition) is 3. The summed E-state index contributed by atoms with van der Waals surface area (Å²) in [6.45, 7) is 6.93. The Bertz CT molecular complexity index is 789. The van der Waals surface area contributed by atoms with Crippen LogP contribution < -0.4 is 0 Å². The van der Waals surface area contributed by atoms with Crippen LogP contribution >= 0.6 is 0 Å². The fourth-order valence-electron chi connectivity index (χ4n) is 8.67. The molecule has 0 aromatic carbocycles. The molecule has 0 aromatic heterocycles. The second kappa shape index (κ2) is 48.5. The molecule has 0 amide bonds. The van der Waals surface area contributed by atoms with Crippen LogP contribution in [0, 0.1) is 0 Å². The average Bonchev–Trinajstić information content (AvgIpc) is 3.17. The first-order valence-electron chi connectivity index (χ1n) is 26.1. The molecule has 346 valence electrons. The highest BCUT2D eigenvalue weighted by Gasteiger charge is 2.25. The molecule has 0 saturated carbocycles. The third-order valence-corrected chi connectivity index (χ3v) is 12.5. The highest BCUT2D eigenvalue weighted by atomic mass is 32.3. The zero-order chi connectivity index (χ0) is 42.2. The summed E-state index contributed by atoms with van der Waals surface area (Å²) in [6.07, 6.45) is 65.4. The van der Waals surface area contributed by atoms with E-state index in [1.165, 1.54) is 283 Å². The SMILES string of the molecule is CCCCCCCCCCCCCCCCCC(O)(CCCCCCCCCCCCCCCC)CCCCCCCCCCCCCCCCC.O=S(=O)(O)O. The van der Waals surface area contributed by atoms with Crippen molar-refractivity contribution in [2.75, 3.05) is 0 Å². The van der Waals surface area contributed by atoms with Crippen molar-refractivity contribution >= 4 is 10.4 Å². The van der Waals surface area contributed by atoms with Gasteiger partial charge < -0.3 is 5.11 Å². The molecule has 0 aromatic rings. The zero-order valence-electron chi connectivity index (χ0n) is 39.3. The monoisotopic (exact) mass is 831 g/mol. The molecule has 0 atom stereocenters. The van der Waals surface area contributed by atoms with Crippen molar-refractivity contribution in [3.05, 3.63) is 0 Å². The minimum Gasteiger partial charge on any atom is -0.390 e. The second-order valence-corrected chi connectivity index (χ2v) is 19.3. The number of rotatable bonds is 47. The second-order valence-electron chi connectivity index (χ2n) is 18.4. The van der Waals surface area contributed by atoms with Gasteiger partial charge in [-0.05, 0) is 19.3 Å². The van der Waals surface area contributed by atoms with Crippen molar-refractivity contribution < 1.29 is 22.6 Å². The van der Waals surface area contributed by atoms with Gasteiger partial charge in [-0.25, -0.2) is 0 Å². The van der Waals surface area contributed by atoms with E-state index in [0.717, 1.165) is 19.3 Å². The van der Waals surface area contributed by atoms with Crippen LogP contribution in [0.1, 0.15) is 323 Å². The van der Waals surface area contributed by atoms with Crippen LogP contribution in [0.4, 0.5) is 0 Å². The Morgan fingerprint density at radius 1 is 0.263 bits per heavy atom. The Hall–Kier alpha value is -0.170. The van der Waals surface area contributed by atoms with Gasteiger partial charge in [-0.3, -0.25) is 9.11 Å². The Morgan fingerprint density at radius 3 is 0.491 bits per heavy atom. The smallest absolute Gasteiger partial charge is 0.390 e. The molecule has 0 saturated heterocycles. The summed E-state index contributed by atoms with van der Waals surface area (Å²) in [6, 6.07) is 0. The van der Waals surface area contributed by atoms with Crippen LogP contribution in [0.25, 0.3) is 0 Å². The van der Waals surface area contributed by atoms with Gasteiger partial charge in [-0.2, -0.15) is 8.42 Å². The standard InChI is InChI=1S/C51H104O.H2O4S/c1-4-7-10-13-16-19-22-25-28-31-34-37-40-43-46-49-51(52,48-45-42-39-36-33-30-27-24-21-18-15-12-9-6-3)50-47-44-41-38-35-32-29-26-23-20-17-14-11-8-5-2;1-5(2,3)4/h52H,4-50H2,1-3H3;(H2,1,2,3,4). The lowest BCUT2D eigenvalue weighted by atomic mass is 9.85. The van der Waals surface area contributed by atoms with Gasteiger partial charge in [0, 0.05) is 0 Å². The molecule has 0 spiro atoms. The first-order valence-corrected chi connectivity index (χ1v) is 27.5. The average molecular weight is 831 g/mol. The Balaban J connectivity index is 0. The molecule has 0 aliphatic rings. The molecule has 3 N–H and O–H groups in total. The Morgan fingerprint density at radius 2 is 0.368 bits per heavy atom. The lowest BCUT2D eigenvalue weighted by Gasteiger charge is -2.29. The molecular formula is C51H106O5S. The molecule has 0 heterocycles. The molecule has 0 aliphatic carbocycles. The van der Waals surface area contributed by atoms with E-state index < -0.39 is 10.4 Å². The van der Waals surface area contributed by atoms with Crippen LogP contribution in [-0.2, 0) is 10.4 Å². The number of aliphatic hydroxyl groups is 1. The van der Waals surface area contributed by atoms with Gasteiger partial charge in [0.2, 0.25) is 0 Å². The topological polar surface area (TPSA) is 94.8 Å². The summed E-state index contributed by atoms with van der Waals surface area (Å²) in [5, 5.41) is 11.8. The minimum absolute atomic E-state index is 0.385. The van der Waals surface area contributed by atoms with E-state index in [-0.39, 0.29) is 5.60 Å². The van der Waals surface area contributed by atoms with Crippen LogP contribution in [0.5, 0.6) is 0 Å². The van der Waals surface area contributed by atoms with Gasteiger partial charge in [-0.15, -0.1) is 0 Å². The molecule has 6 heteroatoms. The normalized spacial score (nSPS) is 12.0. The van der Waals surface area contributed by atoms with Crippen molar-refractivity contribution in [3.63, 3.8) is 0 Å². The third-order valence-electron chi connectivity index (χ3n) is 12.5. The molecule has 0 aliphatic heterocycles. The maximum absolute atomic E-state index is 11.8. The van der Waals surface area contributed by atoms with Crippen LogP contribution in [0.15, 0.2) is 0 Å². The predicted octanol–water partition coefficient (Wildman–Crippen LogP) is 18.5. The summed E-state index contributed by atoms with van der Waals surface area (Å²) in [5.74, 6) is 0. The Labute approximate surface area is 359 Å². The van der Waals surface area contributed by atoms with Crippen LogP contribution in [0.3, 0.4) is 0 Å². The molecule has 5 nitrogen and oxygen atoms in total. The van der Waals surface area contributed by atoms with E-state index in [1.807, 2.05) is 0 Å². The van der Waals surface area contributed by atoms with Crippen LogP contribution in [0.2, 0.25) is 0 Å². The summed E-state index contributed by atoms with van der Waals surface area (Å²) in [5.41, 5.74) is -0.385. The summed E-state index contributed by atoms with van der Waals surface area (Å²) >= 11 is 0. The highest BCUT2D eigenvalue weighted by Crippen LogP contribution is 2.29. The van der Waals surface area contributed by atoms with Crippen LogP contribution in [-0.4, -0.2) is 28.2 Å². The van der Waals surface area contributed by atoms with Gasteiger partial charge in [-0.1, -0.05) is 303 Å². The summed E-state index contributed by atoms with van der Waals surface area (Å²) in [4.78, 5) is 0. The number of hydrogen-bond acceptors (Lipinski definition) is 3. The summed E-state index contributed by atoms with van der Waals surface area (Å²) in [7, 11) is -4.67. The first-order chi connectivity index (χ1) is 27.7. The maximum atomic E-state index is 11.8. The quantitative estimate of drug-likeness (QED) is 0.0419. The first kappa shape index (κ1) is 58.9. The highest BCUT2D eigenvalue weighted by molar-refractivity contribution is 7.79. The lowest BCUT2D eigenvalue weighted by Crippen LogP contribution is -2.28. The fourth-order valence-corrected chi connectivity index (χ4v) is 8.67. The van der Waals surface area contributed by atoms with E-state index in [9.17, 15) is 5.11 Å². The predicted molar refractivity (Wildman–Crippen MR) is 253 cm³/mol. The molecule has 57 heavy (non-hydrogen) atoms. The molecule has 0 bridgehead atoms. The molecule has 0 fully saturated rings. The van der Waals surface area contributed by atoms with E-state index in [1.54, 1.807) is 0 Å². The third kappa shape index (κ3) is 58.0. The van der Waals surface area contributed by atoms with Crippen molar-refractivity contribution in [2.45, 2.75) is 328 Å². The van der Waals surface area contributed by atoms with Gasteiger partial charge in [0.25, 0.3) is 0 Å². The van der Waals surface area contributed by atoms with Crippen molar-refractivity contribution in [1.29, 1.82) is 0 Å². The molecular weight excluding hydrogens is 725 g/mol. The van der Waals surface area contributed by atoms with Crippen molar-refractivity contribution in [1.82, 2.24) is 0 Å². The zero-order valence-corrected chi connectivity index (χ0v) is 40.1. The molecule has 0 rings (SSSR count). The minimum atomic E-state index is -4.67. The van der Waals surface area contributed by atoms with Gasteiger partial charge in [0.15, 0.2) is 0 Å². The number of unbranched alkanes of at least 4 members (excludes halogenated alkanes) is 41. The van der Waals surface area contributed by atoms with Crippen molar-refractivity contribution in [3.8, 4) is 0 Å². The van der Waals surface area contributed by atoms with Gasteiger partial charge >= 0.3 is 10.4 Å². The van der Waals surface area contributed by atoms with Gasteiger partial charge in [0.1, 0.15) is 0 Å². The summed E-state index contributed by atoms with van der Waals surface area (Å²) < 4.78 is 31.6. The molecule has 0 unspecified atom stereocenters. The van der Waals surface area contributed by atoms with E-state index >= 15 is 0 Å². The largest absolute Gasteiger partial charge is 0.394 e. The van der Waals surface area contributed by atoms with E-state index in [0.29, 0.717) is 0 Å².